The fourth-order valence-electron chi connectivity index (χ4n) is 1.49. The molecule has 0 amide bonds. The van der Waals surface area contributed by atoms with E-state index in [-0.39, 0.29) is 5.97 Å². The lowest BCUT2D eigenvalue weighted by molar-refractivity contribution is -0.131. The van der Waals surface area contributed by atoms with Gasteiger partial charge >= 0.3 is 5.97 Å². The van der Waals surface area contributed by atoms with Gasteiger partial charge in [-0.2, -0.15) is 0 Å². The van der Waals surface area contributed by atoms with Crippen LogP contribution in [0.2, 0.25) is 5.02 Å². The maximum atomic E-state index is 10.8. The number of benzene rings is 2. The van der Waals surface area contributed by atoms with Crippen LogP contribution in [0.1, 0.15) is 12.5 Å². The molecule has 0 aliphatic heterocycles. The minimum absolute atomic E-state index is 0.335. The Morgan fingerprint density at radius 2 is 1.45 bits per heavy atom. The lowest BCUT2D eigenvalue weighted by atomic mass is 10.2. The van der Waals surface area contributed by atoms with Crippen molar-refractivity contribution in [3.63, 3.8) is 0 Å². The summed E-state index contributed by atoms with van der Waals surface area (Å²) in [5.41, 5.74) is 0.728. The molecule has 20 heavy (non-hydrogen) atoms. The molecule has 2 rings (SSSR count). The smallest absolute Gasteiger partial charge is 0.308 e. The summed E-state index contributed by atoms with van der Waals surface area (Å²) >= 11 is 11.0. The molecule has 5 heteroatoms. The van der Waals surface area contributed by atoms with Gasteiger partial charge in [-0.3, -0.25) is 4.79 Å². The second kappa shape index (κ2) is 6.50. The molecule has 0 saturated carbocycles. The Balaban J connectivity index is 2.05. The fraction of sp³-hybridized carbons (Fsp3) is 0.0667. The summed E-state index contributed by atoms with van der Waals surface area (Å²) in [6.07, 6.45) is 0. The number of rotatable bonds is 3. The van der Waals surface area contributed by atoms with Crippen LogP contribution in [0.3, 0.4) is 0 Å². The van der Waals surface area contributed by atoms with E-state index in [1.165, 1.54) is 6.92 Å². The number of carbonyl (C=O) groups is 1. The second-order valence-corrected chi connectivity index (χ2v) is 4.77. The Labute approximate surface area is 127 Å². The SMILES string of the molecule is CC(=O)Oc1ccc(C(=S)Oc2ccc(Cl)cc2)cc1. The number of hydrogen-bond acceptors (Lipinski definition) is 4. The Kier molecular flexibility index (Phi) is 4.71. The summed E-state index contributed by atoms with van der Waals surface area (Å²) in [7, 11) is 0. The molecule has 0 aliphatic carbocycles. The molecular formula is C15H11ClO3S. The van der Waals surface area contributed by atoms with Gasteiger partial charge in [-0.1, -0.05) is 11.6 Å². The van der Waals surface area contributed by atoms with Gasteiger partial charge in [0.25, 0.3) is 0 Å². The van der Waals surface area contributed by atoms with Crippen LogP contribution in [-0.2, 0) is 4.79 Å². The molecule has 0 radical (unpaired) electrons. The summed E-state index contributed by atoms with van der Waals surface area (Å²) in [6.45, 7) is 1.35. The molecule has 2 aromatic rings. The lowest BCUT2D eigenvalue weighted by Gasteiger charge is -2.08. The standard InChI is InChI=1S/C15H11ClO3S/c1-10(17)18-13-6-2-11(3-7-13)15(20)19-14-8-4-12(16)5-9-14/h2-9H,1H3. The highest BCUT2D eigenvalue weighted by Gasteiger charge is 2.05. The van der Waals surface area contributed by atoms with Crippen molar-refractivity contribution < 1.29 is 14.3 Å². The van der Waals surface area contributed by atoms with Gasteiger partial charge in [0.05, 0.1) is 0 Å². The Bertz CT molecular complexity index is 621. The maximum absolute atomic E-state index is 10.8. The van der Waals surface area contributed by atoms with Gasteiger partial charge in [-0.05, 0) is 60.7 Å². The highest BCUT2D eigenvalue weighted by atomic mass is 35.5. The van der Waals surface area contributed by atoms with Crippen molar-refractivity contribution in [1.29, 1.82) is 0 Å². The summed E-state index contributed by atoms with van der Waals surface area (Å²) in [5, 5.41) is 0.968. The van der Waals surface area contributed by atoms with E-state index in [1.807, 2.05) is 0 Å². The zero-order chi connectivity index (χ0) is 14.5. The first-order chi connectivity index (χ1) is 9.54. The first-order valence-corrected chi connectivity index (χ1v) is 6.59. The van der Waals surface area contributed by atoms with Crippen molar-refractivity contribution in [1.82, 2.24) is 0 Å². The van der Waals surface area contributed by atoms with E-state index in [9.17, 15) is 4.79 Å². The molecule has 0 N–H and O–H groups in total. The Morgan fingerprint density at radius 3 is 2.00 bits per heavy atom. The van der Waals surface area contributed by atoms with Gasteiger partial charge in [-0.25, -0.2) is 0 Å². The maximum Gasteiger partial charge on any atom is 0.308 e. The van der Waals surface area contributed by atoms with Gasteiger partial charge in [0.1, 0.15) is 11.5 Å². The van der Waals surface area contributed by atoms with E-state index in [1.54, 1.807) is 48.5 Å². The zero-order valence-electron chi connectivity index (χ0n) is 10.6. The predicted octanol–water partition coefficient (Wildman–Crippen LogP) is 4.02. The van der Waals surface area contributed by atoms with Gasteiger partial charge in [0, 0.05) is 17.5 Å². The van der Waals surface area contributed by atoms with Crippen molar-refractivity contribution in [2.45, 2.75) is 6.92 Å². The molecule has 0 saturated heterocycles. The van der Waals surface area contributed by atoms with Crippen molar-refractivity contribution >= 4 is 34.8 Å². The predicted molar refractivity (Wildman–Crippen MR) is 81.5 cm³/mol. The zero-order valence-corrected chi connectivity index (χ0v) is 12.2. The van der Waals surface area contributed by atoms with Gasteiger partial charge in [-0.15, -0.1) is 0 Å². The van der Waals surface area contributed by atoms with Gasteiger partial charge in [0.15, 0.2) is 5.05 Å². The Morgan fingerprint density at radius 1 is 0.950 bits per heavy atom. The largest absolute Gasteiger partial charge is 0.445 e. The van der Waals surface area contributed by atoms with E-state index >= 15 is 0 Å². The van der Waals surface area contributed by atoms with E-state index in [4.69, 9.17) is 33.3 Å². The van der Waals surface area contributed by atoms with Crippen LogP contribution < -0.4 is 9.47 Å². The quantitative estimate of drug-likeness (QED) is 0.487. The average molecular weight is 307 g/mol. The fourth-order valence-corrected chi connectivity index (χ4v) is 1.85. The van der Waals surface area contributed by atoms with Gasteiger partial charge in [0.2, 0.25) is 0 Å². The molecule has 0 heterocycles. The van der Waals surface area contributed by atoms with E-state index in [0.29, 0.717) is 21.6 Å². The van der Waals surface area contributed by atoms with Gasteiger partial charge < -0.3 is 9.47 Å². The van der Waals surface area contributed by atoms with Crippen molar-refractivity contribution in [2.75, 3.05) is 0 Å². The third-order valence-corrected chi connectivity index (χ3v) is 2.95. The highest BCUT2D eigenvalue weighted by Crippen LogP contribution is 2.18. The lowest BCUT2D eigenvalue weighted by Crippen LogP contribution is -2.07. The third-order valence-electron chi connectivity index (χ3n) is 2.38. The van der Waals surface area contributed by atoms with Crippen LogP contribution in [0.4, 0.5) is 0 Å². The molecule has 2 aromatic carbocycles. The average Bonchev–Trinajstić information content (AvgIpc) is 2.41. The van der Waals surface area contributed by atoms with Crippen molar-refractivity contribution in [3.05, 3.63) is 59.1 Å². The Hall–Kier alpha value is -1.91. The first-order valence-electron chi connectivity index (χ1n) is 5.81. The third kappa shape index (κ3) is 4.05. The van der Waals surface area contributed by atoms with Crippen LogP contribution in [0.15, 0.2) is 48.5 Å². The molecule has 0 aliphatic rings. The number of esters is 1. The van der Waals surface area contributed by atoms with Crippen molar-refractivity contribution in [3.8, 4) is 11.5 Å². The normalized spacial score (nSPS) is 9.90. The topological polar surface area (TPSA) is 35.5 Å². The molecular weight excluding hydrogens is 296 g/mol. The van der Waals surface area contributed by atoms with Crippen LogP contribution in [0.5, 0.6) is 11.5 Å². The highest BCUT2D eigenvalue weighted by molar-refractivity contribution is 7.80. The van der Waals surface area contributed by atoms with E-state index < -0.39 is 0 Å². The monoisotopic (exact) mass is 306 g/mol. The summed E-state index contributed by atoms with van der Waals surface area (Å²) < 4.78 is 10.5. The minimum Gasteiger partial charge on any atom is -0.445 e. The summed E-state index contributed by atoms with van der Waals surface area (Å²) in [5.74, 6) is 0.719. The van der Waals surface area contributed by atoms with Crippen LogP contribution in [-0.4, -0.2) is 11.0 Å². The number of ether oxygens (including phenoxy) is 2. The number of hydrogen-bond donors (Lipinski definition) is 0. The summed E-state index contributed by atoms with van der Waals surface area (Å²) in [6, 6.07) is 13.7. The van der Waals surface area contributed by atoms with Crippen LogP contribution in [0.25, 0.3) is 0 Å². The second-order valence-electron chi connectivity index (χ2n) is 3.96. The molecule has 0 aromatic heterocycles. The molecule has 0 unspecified atom stereocenters. The first kappa shape index (κ1) is 14.5. The molecule has 102 valence electrons. The number of halogens is 1. The molecule has 0 atom stereocenters. The summed E-state index contributed by atoms with van der Waals surface area (Å²) in [4.78, 5) is 10.8. The number of carbonyl (C=O) groups excluding carboxylic acids is 1. The van der Waals surface area contributed by atoms with Crippen LogP contribution >= 0.6 is 23.8 Å². The van der Waals surface area contributed by atoms with E-state index in [2.05, 4.69) is 0 Å². The molecule has 0 spiro atoms. The molecule has 0 fully saturated rings. The molecule has 3 nitrogen and oxygen atoms in total. The van der Waals surface area contributed by atoms with Crippen LogP contribution in [0, 0.1) is 0 Å². The van der Waals surface area contributed by atoms with Crippen molar-refractivity contribution in [2.24, 2.45) is 0 Å². The molecule has 0 bridgehead atoms. The number of thiocarbonyl (C=S) groups is 1. The van der Waals surface area contributed by atoms with E-state index in [0.717, 1.165) is 5.56 Å². The minimum atomic E-state index is -0.363.